The molecule has 1 aliphatic rings. The Hall–Kier alpha value is -3.23. The number of hydrogen-bond donors (Lipinski definition) is 1. The lowest BCUT2D eigenvalue weighted by Gasteiger charge is -2.30. The van der Waals surface area contributed by atoms with Crippen LogP contribution in [-0.2, 0) is 16.1 Å². The number of aromatic nitrogens is 2. The second kappa shape index (κ2) is 10.8. The average Bonchev–Trinajstić information content (AvgIpc) is 3.30. The van der Waals surface area contributed by atoms with Crippen LogP contribution >= 0.6 is 11.6 Å². The Morgan fingerprint density at radius 3 is 2.59 bits per heavy atom. The van der Waals surface area contributed by atoms with Crippen LogP contribution in [0.3, 0.4) is 0 Å². The van der Waals surface area contributed by atoms with Crippen molar-refractivity contribution in [2.75, 3.05) is 25.0 Å². The van der Waals surface area contributed by atoms with Gasteiger partial charge in [-0.05, 0) is 87.8 Å². The summed E-state index contributed by atoms with van der Waals surface area (Å²) in [5, 5.41) is 7.72. The zero-order valence-corrected chi connectivity index (χ0v) is 20.0. The third kappa shape index (κ3) is 5.81. The van der Waals surface area contributed by atoms with Crippen LogP contribution in [0.1, 0.15) is 41.6 Å². The van der Waals surface area contributed by atoms with Crippen molar-refractivity contribution in [3.8, 4) is 11.4 Å². The molecular weight excluding hydrogens is 456 g/mol. The average molecular weight is 483 g/mol. The van der Waals surface area contributed by atoms with Crippen LogP contribution in [-0.4, -0.2) is 46.6 Å². The number of aryl methyl sites for hydroxylation is 1. The molecule has 1 N–H and O–H groups in total. The molecule has 0 unspecified atom stereocenters. The molecule has 1 fully saturated rings. The third-order valence-electron chi connectivity index (χ3n) is 5.88. The number of carbonyl (C=O) groups is 2. The molecule has 3 aromatic rings. The Kier molecular flexibility index (Phi) is 7.59. The maximum absolute atomic E-state index is 12.8. The van der Waals surface area contributed by atoms with Crippen LogP contribution in [0.15, 0.2) is 47.0 Å². The second-order valence-electron chi connectivity index (χ2n) is 8.31. The Morgan fingerprint density at radius 2 is 1.91 bits per heavy atom. The molecular formula is C25H27ClN4O4. The van der Waals surface area contributed by atoms with E-state index in [1.165, 1.54) is 0 Å². The van der Waals surface area contributed by atoms with E-state index in [-0.39, 0.29) is 17.8 Å². The normalized spacial score (nSPS) is 14.7. The first kappa shape index (κ1) is 23.9. The summed E-state index contributed by atoms with van der Waals surface area (Å²) in [4.78, 5) is 31.4. The number of nitrogens with zero attached hydrogens (tertiary/aromatic N) is 3. The number of halogens is 1. The monoisotopic (exact) mass is 482 g/mol. The molecule has 0 spiro atoms. The van der Waals surface area contributed by atoms with E-state index in [2.05, 4.69) is 20.4 Å². The van der Waals surface area contributed by atoms with Crippen LogP contribution in [0.2, 0.25) is 5.02 Å². The largest absolute Gasteiger partial charge is 0.462 e. The van der Waals surface area contributed by atoms with Gasteiger partial charge in [-0.2, -0.15) is 4.98 Å². The van der Waals surface area contributed by atoms with E-state index in [1.807, 2.05) is 19.1 Å². The van der Waals surface area contributed by atoms with E-state index in [0.29, 0.717) is 41.1 Å². The molecule has 8 nitrogen and oxygen atoms in total. The third-order valence-corrected chi connectivity index (χ3v) is 6.14. The summed E-state index contributed by atoms with van der Waals surface area (Å²) >= 11 is 5.93. The fraction of sp³-hybridized carbons (Fsp3) is 0.360. The molecule has 0 aliphatic carbocycles. The summed E-state index contributed by atoms with van der Waals surface area (Å²) in [5.41, 5.74) is 2.86. The van der Waals surface area contributed by atoms with Gasteiger partial charge < -0.3 is 14.6 Å². The summed E-state index contributed by atoms with van der Waals surface area (Å²) in [7, 11) is 0. The first-order valence-electron chi connectivity index (χ1n) is 11.3. The van der Waals surface area contributed by atoms with Crippen molar-refractivity contribution in [2.45, 2.75) is 33.2 Å². The van der Waals surface area contributed by atoms with Gasteiger partial charge in [0.15, 0.2) is 0 Å². The van der Waals surface area contributed by atoms with Crippen LogP contribution in [0, 0.1) is 12.8 Å². The van der Waals surface area contributed by atoms with E-state index in [9.17, 15) is 9.59 Å². The molecule has 1 amide bonds. The summed E-state index contributed by atoms with van der Waals surface area (Å²) in [6.07, 6.45) is 1.48. The fourth-order valence-electron chi connectivity index (χ4n) is 3.96. The van der Waals surface area contributed by atoms with Crippen LogP contribution in [0.5, 0.6) is 0 Å². The Labute approximate surface area is 203 Å². The minimum Gasteiger partial charge on any atom is -0.462 e. The topological polar surface area (TPSA) is 97.6 Å². The second-order valence-corrected chi connectivity index (χ2v) is 8.74. The standard InChI is InChI=1S/C25H27ClN4O4/c1-3-33-25(32)19-6-9-21(16(2)14-19)27-24(31)18-10-12-30(13-11-18)15-22-28-23(29-34-22)17-4-7-20(26)8-5-17/h4-9,14,18H,3,10-13,15H2,1-2H3,(H,27,31). The lowest BCUT2D eigenvalue weighted by Crippen LogP contribution is -2.37. The first-order chi connectivity index (χ1) is 16.4. The molecule has 1 aliphatic heterocycles. The lowest BCUT2D eigenvalue weighted by molar-refractivity contribution is -0.121. The number of rotatable bonds is 7. The minimum atomic E-state index is -0.364. The highest BCUT2D eigenvalue weighted by atomic mass is 35.5. The zero-order valence-electron chi connectivity index (χ0n) is 19.2. The molecule has 9 heteroatoms. The number of hydrogen-bond acceptors (Lipinski definition) is 7. The Morgan fingerprint density at radius 1 is 1.18 bits per heavy atom. The van der Waals surface area contributed by atoms with Crippen LogP contribution in [0.4, 0.5) is 5.69 Å². The number of piperidine rings is 1. The van der Waals surface area contributed by atoms with Crippen LogP contribution < -0.4 is 5.32 Å². The summed E-state index contributed by atoms with van der Waals surface area (Å²) in [6, 6.07) is 12.4. The summed E-state index contributed by atoms with van der Waals surface area (Å²) < 4.78 is 10.4. The van der Waals surface area contributed by atoms with E-state index in [1.54, 1.807) is 37.3 Å². The number of carbonyl (C=O) groups excluding carboxylic acids is 2. The maximum Gasteiger partial charge on any atom is 0.338 e. The van der Waals surface area contributed by atoms with Crippen molar-refractivity contribution < 1.29 is 18.8 Å². The highest BCUT2D eigenvalue weighted by molar-refractivity contribution is 6.30. The molecule has 4 rings (SSSR count). The number of nitrogens with one attached hydrogen (secondary N) is 1. The number of esters is 1. The maximum atomic E-state index is 12.8. The van der Waals surface area contributed by atoms with Crippen molar-refractivity contribution >= 4 is 29.2 Å². The van der Waals surface area contributed by atoms with Gasteiger partial charge in [-0.1, -0.05) is 16.8 Å². The molecule has 0 bridgehead atoms. The predicted octanol–water partition coefficient (Wildman–Crippen LogP) is 4.73. The molecule has 0 atom stereocenters. The van der Waals surface area contributed by atoms with Crippen molar-refractivity contribution in [2.24, 2.45) is 5.92 Å². The molecule has 2 aromatic carbocycles. The molecule has 178 valence electrons. The van der Waals surface area contributed by atoms with E-state index < -0.39 is 0 Å². The number of ether oxygens (including phenoxy) is 1. The molecule has 2 heterocycles. The van der Waals surface area contributed by atoms with Crippen molar-refractivity contribution in [1.29, 1.82) is 0 Å². The van der Waals surface area contributed by atoms with Gasteiger partial charge in [-0.3, -0.25) is 9.69 Å². The molecule has 1 saturated heterocycles. The smallest absolute Gasteiger partial charge is 0.338 e. The highest BCUT2D eigenvalue weighted by Gasteiger charge is 2.26. The van der Waals surface area contributed by atoms with Crippen molar-refractivity contribution in [3.05, 3.63) is 64.5 Å². The van der Waals surface area contributed by atoms with Gasteiger partial charge in [-0.25, -0.2) is 4.79 Å². The molecule has 0 saturated carbocycles. The quantitative estimate of drug-likeness (QED) is 0.486. The van der Waals surface area contributed by atoms with E-state index >= 15 is 0 Å². The van der Waals surface area contributed by atoms with Gasteiger partial charge in [0, 0.05) is 22.2 Å². The Bertz CT molecular complexity index is 1150. The predicted molar refractivity (Wildman–Crippen MR) is 129 cm³/mol. The number of amides is 1. The minimum absolute atomic E-state index is 0.00514. The Balaban J connectivity index is 1.28. The molecule has 0 radical (unpaired) electrons. The van der Waals surface area contributed by atoms with Crippen molar-refractivity contribution in [1.82, 2.24) is 15.0 Å². The summed E-state index contributed by atoms with van der Waals surface area (Å²) in [6.45, 7) is 6.03. The molecule has 34 heavy (non-hydrogen) atoms. The fourth-order valence-corrected chi connectivity index (χ4v) is 4.09. The van der Waals surface area contributed by atoms with Gasteiger partial charge in [0.1, 0.15) is 0 Å². The highest BCUT2D eigenvalue weighted by Crippen LogP contribution is 2.24. The van der Waals surface area contributed by atoms with Crippen molar-refractivity contribution in [3.63, 3.8) is 0 Å². The number of benzene rings is 2. The lowest BCUT2D eigenvalue weighted by atomic mass is 9.95. The van der Waals surface area contributed by atoms with Crippen LogP contribution in [0.25, 0.3) is 11.4 Å². The van der Waals surface area contributed by atoms with Gasteiger partial charge in [0.2, 0.25) is 17.6 Å². The van der Waals surface area contributed by atoms with E-state index in [0.717, 1.165) is 37.1 Å². The SMILES string of the molecule is CCOC(=O)c1ccc(NC(=O)C2CCN(Cc3nc(-c4ccc(Cl)cc4)no3)CC2)c(C)c1. The zero-order chi connectivity index (χ0) is 24.1. The number of likely N-dealkylation sites (tertiary alicyclic amines) is 1. The van der Waals surface area contributed by atoms with Gasteiger partial charge >= 0.3 is 5.97 Å². The van der Waals surface area contributed by atoms with Gasteiger partial charge in [0.25, 0.3) is 0 Å². The van der Waals surface area contributed by atoms with Gasteiger partial charge in [0.05, 0.1) is 18.7 Å². The van der Waals surface area contributed by atoms with Gasteiger partial charge in [-0.15, -0.1) is 0 Å². The number of anilines is 1. The van der Waals surface area contributed by atoms with E-state index in [4.69, 9.17) is 20.9 Å². The summed E-state index contributed by atoms with van der Waals surface area (Å²) in [5.74, 6) is 0.634. The first-order valence-corrected chi connectivity index (χ1v) is 11.7. The molecule has 1 aromatic heterocycles.